The fourth-order valence-electron chi connectivity index (χ4n) is 2.60. The molecule has 2 N–H and O–H groups in total. The standard InChI is InChI=1S/C13H19NO2S/c1-15-11-3-4-12(16-2)13-9(11)5-8(7-17)6-10(13)14/h3-4,8,10,17H,5-7,14H2,1-2H3/t8-,10-/m1/s1. The fraction of sp³-hybridized carbons (Fsp3) is 0.538. The predicted octanol–water partition coefficient (Wildman–Crippen LogP) is 2.20. The maximum Gasteiger partial charge on any atom is 0.124 e. The number of nitrogens with two attached hydrogens (primary N) is 1. The first-order valence-electron chi connectivity index (χ1n) is 5.81. The molecule has 0 saturated carbocycles. The normalized spacial score (nSPS) is 23.1. The second-order valence-electron chi connectivity index (χ2n) is 4.46. The van der Waals surface area contributed by atoms with Crippen molar-refractivity contribution in [2.24, 2.45) is 11.7 Å². The Kier molecular flexibility index (Phi) is 3.84. The van der Waals surface area contributed by atoms with Gasteiger partial charge >= 0.3 is 0 Å². The van der Waals surface area contributed by atoms with E-state index in [1.807, 2.05) is 12.1 Å². The summed E-state index contributed by atoms with van der Waals surface area (Å²) < 4.78 is 10.8. The van der Waals surface area contributed by atoms with Gasteiger partial charge in [0.15, 0.2) is 0 Å². The molecule has 4 heteroatoms. The largest absolute Gasteiger partial charge is 0.496 e. The van der Waals surface area contributed by atoms with Crippen LogP contribution in [0.15, 0.2) is 12.1 Å². The topological polar surface area (TPSA) is 44.5 Å². The third kappa shape index (κ3) is 2.24. The van der Waals surface area contributed by atoms with Gasteiger partial charge in [-0.3, -0.25) is 0 Å². The third-order valence-corrected chi connectivity index (χ3v) is 3.94. The molecule has 0 aliphatic heterocycles. The van der Waals surface area contributed by atoms with E-state index in [-0.39, 0.29) is 6.04 Å². The molecule has 0 bridgehead atoms. The summed E-state index contributed by atoms with van der Waals surface area (Å²) in [6.45, 7) is 0. The van der Waals surface area contributed by atoms with Gasteiger partial charge in [-0.05, 0) is 36.6 Å². The molecule has 1 aliphatic carbocycles. The monoisotopic (exact) mass is 253 g/mol. The van der Waals surface area contributed by atoms with Crippen LogP contribution in [0.1, 0.15) is 23.6 Å². The van der Waals surface area contributed by atoms with Crippen LogP contribution in [-0.2, 0) is 6.42 Å². The minimum Gasteiger partial charge on any atom is -0.496 e. The number of methoxy groups -OCH3 is 2. The molecule has 17 heavy (non-hydrogen) atoms. The lowest BCUT2D eigenvalue weighted by Gasteiger charge is -2.31. The molecular weight excluding hydrogens is 234 g/mol. The average Bonchev–Trinajstić information content (AvgIpc) is 2.37. The number of rotatable bonds is 3. The van der Waals surface area contributed by atoms with E-state index in [1.54, 1.807) is 14.2 Å². The highest BCUT2D eigenvalue weighted by atomic mass is 32.1. The molecule has 1 aromatic carbocycles. The highest BCUT2D eigenvalue weighted by Gasteiger charge is 2.29. The molecule has 2 atom stereocenters. The zero-order chi connectivity index (χ0) is 12.4. The molecule has 0 fully saturated rings. The van der Waals surface area contributed by atoms with Crippen LogP contribution < -0.4 is 15.2 Å². The van der Waals surface area contributed by atoms with Crippen molar-refractivity contribution in [3.05, 3.63) is 23.3 Å². The Bertz CT molecular complexity index is 409. The van der Waals surface area contributed by atoms with E-state index in [0.717, 1.165) is 35.7 Å². The van der Waals surface area contributed by atoms with E-state index in [1.165, 1.54) is 5.56 Å². The maximum atomic E-state index is 6.24. The summed E-state index contributed by atoms with van der Waals surface area (Å²) in [4.78, 5) is 0. The van der Waals surface area contributed by atoms with Crippen LogP contribution in [0.2, 0.25) is 0 Å². The zero-order valence-corrected chi connectivity index (χ0v) is 11.2. The van der Waals surface area contributed by atoms with Gasteiger partial charge in [0.2, 0.25) is 0 Å². The smallest absolute Gasteiger partial charge is 0.124 e. The van der Waals surface area contributed by atoms with Crippen LogP contribution in [0.5, 0.6) is 11.5 Å². The molecule has 0 saturated heterocycles. The lowest BCUT2D eigenvalue weighted by atomic mass is 9.81. The van der Waals surface area contributed by atoms with Crippen molar-refractivity contribution in [3.63, 3.8) is 0 Å². The Labute approximate surface area is 108 Å². The van der Waals surface area contributed by atoms with Crippen LogP contribution in [0.4, 0.5) is 0 Å². The molecule has 94 valence electrons. The Morgan fingerprint density at radius 3 is 2.53 bits per heavy atom. The number of thiol groups is 1. The van der Waals surface area contributed by atoms with E-state index >= 15 is 0 Å². The van der Waals surface area contributed by atoms with Crippen molar-refractivity contribution in [1.82, 2.24) is 0 Å². The molecular formula is C13H19NO2S. The van der Waals surface area contributed by atoms with Crippen molar-refractivity contribution >= 4 is 12.6 Å². The van der Waals surface area contributed by atoms with Gasteiger partial charge < -0.3 is 15.2 Å². The first kappa shape index (κ1) is 12.6. The van der Waals surface area contributed by atoms with Crippen molar-refractivity contribution in [3.8, 4) is 11.5 Å². The summed E-state index contributed by atoms with van der Waals surface area (Å²) in [6.07, 6.45) is 1.92. The fourth-order valence-corrected chi connectivity index (χ4v) is 2.88. The van der Waals surface area contributed by atoms with E-state index < -0.39 is 0 Å². The van der Waals surface area contributed by atoms with Gasteiger partial charge in [0, 0.05) is 17.2 Å². The number of fused-ring (bicyclic) bond motifs is 1. The zero-order valence-electron chi connectivity index (χ0n) is 10.3. The van der Waals surface area contributed by atoms with E-state index in [4.69, 9.17) is 15.2 Å². The molecule has 1 aliphatic rings. The van der Waals surface area contributed by atoms with Gasteiger partial charge in [-0.2, -0.15) is 12.6 Å². The Morgan fingerprint density at radius 1 is 1.29 bits per heavy atom. The highest BCUT2D eigenvalue weighted by molar-refractivity contribution is 7.80. The maximum absolute atomic E-state index is 6.24. The van der Waals surface area contributed by atoms with Crippen LogP contribution in [0.25, 0.3) is 0 Å². The average molecular weight is 253 g/mol. The van der Waals surface area contributed by atoms with Crippen LogP contribution in [0.3, 0.4) is 0 Å². The first-order valence-corrected chi connectivity index (χ1v) is 6.44. The summed E-state index contributed by atoms with van der Waals surface area (Å²) in [6, 6.07) is 3.89. The first-order chi connectivity index (χ1) is 8.21. The Morgan fingerprint density at radius 2 is 1.94 bits per heavy atom. The van der Waals surface area contributed by atoms with Crippen LogP contribution in [0, 0.1) is 5.92 Å². The molecule has 0 unspecified atom stereocenters. The van der Waals surface area contributed by atoms with Gasteiger partial charge in [0.25, 0.3) is 0 Å². The predicted molar refractivity (Wildman–Crippen MR) is 72.1 cm³/mol. The number of benzene rings is 1. The molecule has 0 aromatic heterocycles. The second kappa shape index (κ2) is 5.19. The molecule has 1 aromatic rings. The van der Waals surface area contributed by atoms with Gasteiger partial charge in [-0.25, -0.2) is 0 Å². The minimum absolute atomic E-state index is 0.0148. The van der Waals surface area contributed by atoms with E-state index in [0.29, 0.717) is 5.92 Å². The summed E-state index contributed by atoms with van der Waals surface area (Å²) in [7, 11) is 3.37. The van der Waals surface area contributed by atoms with Crippen LogP contribution >= 0.6 is 12.6 Å². The molecule has 0 radical (unpaired) electrons. The number of hydrogen-bond acceptors (Lipinski definition) is 4. The summed E-state index contributed by atoms with van der Waals surface area (Å²) in [5, 5.41) is 0. The molecule has 3 nitrogen and oxygen atoms in total. The summed E-state index contributed by atoms with van der Waals surface area (Å²) in [5.41, 5.74) is 8.53. The number of ether oxygens (including phenoxy) is 2. The van der Waals surface area contributed by atoms with E-state index in [9.17, 15) is 0 Å². The van der Waals surface area contributed by atoms with Crippen LogP contribution in [-0.4, -0.2) is 20.0 Å². The molecule has 0 heterocycles. The van der Waals surface area contributed by atoms with Crippen molar-refractivity contribution in [2.45, 2.75) is 18.9 Å². The van der Waals surface area contributed by atoms with Crippen molar-refractivity contribution < 1.29 is 9.47 Å². The molecule has 2 rings (SSSR count). The lowest BCUT2D eigenvalue weighted by molar-refractivity contribution is 0.364. The van der Waals surface area contributed by atoms with Gasteiger partial charge in [0.1, 0.15) is 11.5 Å². The SMILES string of the molecule is COc1ccc(OC)c2c1C[C@@H](CS)C[C@H]2N. The quantitative estimate of drug-likeness (QED) is 0.812. The minimum atomic E-state index is 0.0148. The van der Waals surface area contributed by atoms with Crippen molar-refractivity contribution in [1.29, 1.82) is 0 Å². The lowest BCUT2D eigenvalue weighted by Crippen LogP contribution is -2.26. The summed E-state index contributed by atoms with van der Waals surface area (Å²) in [5.74, 6) is 3.14. The third-order valence-electron chi connectivity index (χ3n) is 3.42. The molecule has 0 spiro atoms. The Balaban J connectivity index is 2.51. The highest BCUT2D eigenvalue weighted by Crippen LogP contribution is 2.42. The second-order valence-corrected chi connectivity index (χ2v) is 4.82. The van der Waals surface area contributed by atoms with Crippen molar-refractivity contribution in [2.75, 3.05) is 20.0 Å². The van der Waals surface area contributed by atoms with Gasteiger partial charge in [-0.1, -0.05) is 0 Å². The van der Waals surface area contributed by atoms with Gasteiger partial charge in [-0.15, -0.1) is 0 Å². The Hall–Kier alpha value is -0.870. The molecule has 0 amide bonds. The number of hydrogen-bond donors (Lipinski definition) is 2. The van der Waals surface area contributed by atoms with Gasteiger partial charge in [0.05, 0.1) is 14.2 Å². The summed E-state index contributed by atoms with van der Waals surface area (Å²) >= 11 is 4.38. The van der Waals surface area contributed by atoms with E-state index in [2.05, 4.69) is 12.6 Å².